The van der Waals surface area contributed by atoms with Crippen LogP contribution in [0.5, 0.6) is 0 Å². The molecule has 2 heterocycles. The van der Waals surface area contributed by atoms with Crippen molar-refractivity contribution < 1.29 is 38.6 Å². The van der Waals surface area contributed by atoms with E-state index in [1.165, 1.54) is 19.3 Å². The van der Waals surface area contributed by atoms with Crippen LogP contribution in [-0.4, -0.2) is 86.5 Å². The summed E-state index contributed by atoms with van der Waals surface area (Å²) in [6.45, 7) is 0.993. The van der Waals surface area contributed by atoms with Crippen LogP contribution in [-0.2, 0) is 18.6 Å². The minimum Gasteiger partial charge on any atom is -0.388 e. The Hall–Kier alpha value is 0.0600. The number of nitrogens with one attached hydrogen (secondary N) is 2. The predicted molar refractivity (Wildman–Crippen MR) is 125 cm³/mol. The van der Waals surface area contributed by atoms with Crippen molar-refractivity contribution in [3.05, 3.63) is 0 Å². The molecule has 13 heteroatoms. The van der Waals surface area contributed by atoms with Crippen LogP contribution in [0.2, 0.25) is 0 Å². The van der Waals surface area contributed by atoms with Crippen LogP contribution in [0.3, 0.4) is 0 Å². The van der Waals surface area contributed by atoms with Crippen LogP contribution in [0, 0.1) is 11.8 Å². The summed E-state index contributed by atoms with van der Waals surface area (Å²) in [5, 5.41) is 26.4. The molecule has 3 fully saturated rings. The lowest BCUT2D eigenvalue weighted by Crippen LogP contribution is -2.57. The van der Waals surface area contributed by atoms with E-state index in [1.807, 2.05) is 0 Å². The number of halogens is 1. The van der Waals surface area contributed by atoms with Crippen molar-refractivity contribution in [3.63, 3.8) is 0 Å². The largest absolute Gasteiger partial charge is 0.470 e. The van der Waals surface area contributed by atoms with Crippen molar-refractivity contribution in [2.75, 3.05) is 19.3 Å². The normalized spacial score (nSPS) is 36.7. The van der Waals surface area contributed by atoms with E-state index in [0.29, 0.717) is 5.92 Å². The maximum Gasteiger partial charge on any atom is 0.470 e. The van der Waals surface area contributed by atoms with Crippen molar-refractivity contribution in [1.82, 2.24) is 10.6 Å². The van der Waals surface area contributed by atoms with E-state index >= 15 is 0 Å². The molecule has 33 heavy (non-hydrogen) atoms. The van der Waals surface area contributed by atoms with Gasteiger partial charge in [-0.3, -0.25) is 9.32 Å². The van der Waals surface area contributed by atoms with E-state index in [9.17, 15) is 19.6 Å². The van der Waals surface area contributed by atoms with Crippen LogP contribution < -0.4 is 10.6 Å². The van der Waals surface area contributed by atoms with Crippen LogP contribution in [0.15, 0.2) is 0 Å². The van der Waals surface area contributed by atoms with Crippen molar-refractivity contribution >= 4 is 37.1 Å². The highest BCUT2D eigenvalue weighted by atomic mass is 35.5. The molecule has 0 aromatic rings. The molecule has 8 atom stereocenters. The number of rotatable bonds is 10. The fourth-order valence-corrected chi connectivity index (χ4v) is 6.25. The predicted octanol–water partition coefficient (Wildman–Crippen LogP) is 0.946. The summed E-state index contributed by atoms with van der Waals surface area (Å²) in [5.74, 6) is 1.47. The fraction of sp³-hybridized carbons (Fsp3) is 0.950. The summed E-state index contributed by atoms with van der Waals surface area (Å²) < 4.78 is 21.5. The number of thioether (sulfide) groups is 1. The van der Waals surface area contributed by atoms with Gasteiger partial charge >= 0.3 is 7.82 Å². The first kappa shape index (κ1) is 27.6. The van der Waals surface area contributed by atoms with Crippen molar-refractivity contribution in [3.8, 4) is 0 Å². The second-order valence-electron chi connectivity index (χ2n) is 9.32. The van der Waals surface area contributed by atoms with E-state index < -0.39 is 43.1 Å². The Bertz CT molecular complexity index is 697. The number of phosphoric acid groups is 1. The molecule has 2 saturated heterocycles. The lowest BCUT2D eigenvalue weighted by atomic mass is 9.93. The standard InChI is InChI=1S/C20H36ClN2O8PS/c1-33-20-18(31-32(27,28)29)17(25)16(24)15(30-20)9-13(21)10-23-19(26)14-5-4-12(6-7-22-14)8-11-2-3-11/h11-18,20,22,24-25H,2-10H2,1H3,(H,23,26)(H2,27,28,29). The van der Waals surface area contributed by atoms with Crippen LogP contribution in [0.4, 0.5) is 0 Å². The Morgan fingerprint density at radius 1 is 1.21 bits per heavy atom. The topological polar surface area (TPSA) is 158 Å². The summed E-state index contributed by atoms with van der Waals surface area (Å²) in [4.78, 5) is 30.8. The number of aliphatic hydroxyl groups excluding tert-OH is 2. The van der Waals surface area contributed by atoms with Gasteiger partial charge in [-0.1, -0.05) is 12.8 Å². The highest BCUT2D eigenvalue weighted by Gasteiger charge is 2.47. The Labute approximate surface area is 203 Å². The van der Waals surface area contributed by atoms with Crippen molar-refractivity contribution in [2.24, 2.45) is 11.8 Å². The summed E-state index contributed by atoms with van der Waals surface area (Å²) in [7, 11) is -4.89. The average Bonchev–Trinajstić information content (AvgIpc) is 3.59. The molecular formula is C20H36ClN2O8PS. The van der Waals surface area contributed by atoms with E-state index in [-0.39, 0.29) is 24.9 Å². The Balaban J connectivity index is 1.44. The van der Waals surface area contributed by atoms with Gasteiger partial charge in [-0.15, -0.1) is 23.4 Å². The minimum absolute atomic E-state index is 0.102. The van der Waals surface area contributed by atoms with Gasteiger partial charge in [0.2, 0.25) is 5.91 Å². The summed E-state index contributed by atoms with van der Waals surface area (Å²) >= 11 is 7.49. The number of phosphoric ester groups is 1. The van der Waals surface area contributed by atoms with E-state index in [1.54, 1.807) is 6.26 Å². The molecule has 10 nitrogen and oxygen atoms in total. The van der Waals surface area contributed by atoms with Gasteiger partial charge in [-0.05, 0) is 56.7 Å². The maximum absolute atomic E-state index is 12.6. The molecular weight excluding hydrogens is 495 g/mol. The molecule has 0 aromatic heterocycles. The second-order valence-corrected chi connectivity index (χ2v) is 12.1. The first-order chi connectivity index (χ1) is 15.6. The van der Waals surface area contributed by atoms with Gasteiger partial charge < -0.3 is 35.4 Å². The number of ether oxygens (including phenoxy) is 1. The highest BCUT2D eigenvalue weighted by molar-refractivity contribution is 7.99. The average molecular weight is 531 g/mol. The molecule has 1 amide bonds. The number of carbonyl (C=O) groups excluding carboxylic acids is 1. The van der Waals surface area contributed by atoms with Gasteiger partial charge in [0.25, 0.3) is 0 Å². The van der Waals surface area contributed by atoms with Gasteiger partial charge in [0.05, 0.1) is 17.5 Å². The monoisotopic (exact) mass is 530 g/mol. The minimum atomic E-state index is -4.89. The Morgan fingerprint density at radius 2 is 1.88 bits per heavy atom. The van der Waals surface area contributed by atoms with Gasteiger partial charge in [-0.2, -0.15) is 0 Å². The molecule has 1 aliphatic carbocycles. The zero-order valence-electron chi connectivity index (χ0n) is 18.7. The number of carbonyl (C=O) groups is 1. The second kappa shape index (κ2) is 12.3. The molecule has 0 spiro atoms. The van der Waals surface area contributed by atoms with E-state index in [0.717, 1.165) is 43.5 Å². The number of hydrogen-bond donors (Lipinski definition) is 6. The molecule has 192 valence electrons. The third kappa shape index (κ3) is 8.59. The molecule has 3 aliphatic rings. The third-order valence-electron chi connectivity index (χ3n) is 6.61. The fourth-order valence-electron chi connectivity index (χ4n) is 4.63. The van der Waals surface area contributed by atoms with Crippen LogP contribution in [0.25, 0.3) is 0 Å². The quantitative estimate of drug-likeness (QED) is 0.177. The molecule has 0 radical (unpaired) electrons. The number of alkyl halides is 1. The molecule has 8 unspecified atom stereocenters. The lowest BCUT2D eigenvalue weighted by Gasteiger charge is -2.42. The van der Waals surface area contributed by atoms with E-state index in [2.05, 4.69) is 15.2 Å². The van der Waals surface area contributed by atoms with Gasteiger partial charge in [-0.25, -0.2) is 4.57 Å². The van der Waals surface area contributed by atoms with Crippen LogP contribution >= 0.6 is 31.2 Å². The molecule has 1 saturated carbocycles. The van der Waals surface area contributed by atoms with Gasteiger partial charge in [0.15, 0.2) is 0 Å². The Kier molecular flexibility index (Phi) is 10.3. The zero-order chi connectivity index (χ0) is 24.2. The van der Waals surface area contributed by atoms with Crippen LogP contribution in [0.1, 0.15) is 44.9 Å². The zero-order valence-corrected chi connectivity index (χ0v) is 21.2. The maximum atomic E-state index is 12.6. The number of amides is 1. The van der Waals surface area contributed by atoms with Gasteiger partial charge in [0.1, 0.15) is 23.7 Å². The first-order valence-electron chi connectivity index (χ1n) is 11.5. The third-order valence-corrected chi connectivity index (χ3v) is 8.30. The summed E-state index contributed by atoms with van der Waals surface area (Å²) in [6, 6.07) is -0.247. The Morgan fingerprint density at radius 3 is 2.52 bits per heavy atom. The first-order valence-corrected chi connectivity index (χ1v) is 14.8. The summed E-state index contributed by atoms with van der Waals surface area (Å²) in [5.41, 5.74) is -0.904. The molecule has 3 rings (SSSR count). The van der Waals surface area contributed by atoms with Crippen molar-refractivity contribution in [2.45, 2.75) is 86.2 Å². The van der Waals surface area contributed by atoms with Gasteiger partial charge in [0, 0.05) is 6.54 Å². The molecule has 0 aromatic carbocycles. The van der Waals surface area contributed by atoms with Crippen molar-refractivity contribution in [1.29, 1.82) is 0 Å². The SMILES string of the molecule is CSC1OC(CC(Cl)CNC(=O)C2CCC(CC3CC3)CCN2)C(O)C(O)C1OP(=O)(O)O. The highest BCUT2D eigenvalue weighted by Crippen LogP contribution is 2.43. The molecule has 6 N–H and O–H groups in total. The number of aliphatic hydroxyl groups is 2. The molecule has 2 aliphatic heterocycles. The van der Waals surface area contributed by atoms with E-state index in [4.69, 9.17) is 26.1 Å². The number of hydrogen-bond acceptors (Lipinski definition) is 8. The lowest BCUT2D eigenvalue weighted by molar-refractivity contribution is -0.195. The summed E-state index contributed by atoms with van der Waals surface area (Å²) in [6.07, 6.45) is 3.36. The molecule has 0 bridgehead atoms. The smallest absolute Gasteiger partial charge is 0.388 e.